The van der Waals surface area contributed by atoms with Crippen LogP contribution in [0.1, 0.15) is 39.0 Å². The third-order valence-electron chi connectivity index (χ3n) is 7.26. The highest BCUT2D eigenvalue weighted by Crippen LogP contribution is 2.38. The van der Waals surface area contributed by atoms with E-state index in [1.54, 1.807) is 44.4 Å². The van der Waals surface area contributed by atoms with Gasteiger partial charge in [-0.3, -0.25) is 4.79 Å². The molecule has 3 aromatic heterocycles. The van der Waals surface area contributed by atoms with Gasteiger partial charge in [0.05, 0.1) is 27.5 Å². The summed E-state index contributed by atoms with van der Waals surface area (Å²) >= 11 is 0. The Balaban J connectivity index is 1.87. The maximum atomic E-state index is 14.1. The van der Waals surface area contributed by atoms with E-state index >= 15 is 0 Å². The highest BCUT2D eigenvalue weighted by molar-refractivity contribution is 7.90. The first-order valence-corrected chi connectivity index (χ1v) is 13.4. The molecule has 9 nitrogen and oxygen atoms in total. The maximum absolute atomic E-state index is 14.1. The molecular weight excluding hydrogens is 491 g/mol. The second-order valence-corrected chi connectivity index (χ2v) is 12.3. The molecule has 11 heteroatoms. The molecule has 0 radical (unpaired) electrons. The van der Waals surface area contributed by atoms with Gasteiger partial charge in [0.25, 0.3) is 15.6 Å². The number of hydrogen-bond acceptors (Lipinski definition) is 7. The van der Waals surface area contributed by atoms with Gasteiger partial charge in [0.15, 0.2) is 0 Å². The van der Waals surface area contributed by atoms with Gasteiger partial charge in [-0.15, -0.1) is 0 Å². The second-order valence-electron chi connectivity index (χ2n) is 10.5. The Morgan fingerprint density at radius 3 is 2.16 bits per heavy atom. The minimum absolute atomic E-state index is 0.00144. The van der Waals surface area contributed by atoms with Crippen molar-refractivity contribution in [3.8, 4) is 11.4 Å². The molecule has 1 aliphatic heterocycles. The van der Waals surface area contributed by atoms with Crippen molar-refractivity contribution in [2.75, 3.05) is 0 Å². The zero-order valence-corrected chi connectivity index (χ0v) is 22.8. The quantitative estimate of drug-likeness (QED) is 0.381. The summed E-state index contributed by atoms with van der Waals surface area (Å²) in [6.45, 7) is 11.4. The Bertz CT molecular complexity index is 1690. The third-order valence-corrected chi connectivity index (χ3v) is 8.99. The largest absolute Gasteiger partial charge is 0.497 e. The van der Waals surface area contributed by atoms with Gasteiger partial charge in [0.2, 0.25) is 0 Å². The highest BCUT2D eigenvalue weighted by atomic mass is 32.2. The Kier molecular flexibility index (Phi) is 5.74. The molecule has 1 aliphatic rings. The fraction of sp³-hybridized carbons (Fsp3) is 0.346. The van der Waals surface area contributed by atoms with E-state index < -0.39 is 33.9 Å². The number of fused-ring (bicyclic) bond motifs is 1. The molecule has 0 amide bonds. The van der Waals surface area contributed by atoms with Crippen LogP contribution in [0.15, 0.2) is 58.6 Å². The van der Waals surface area contributed by atoms with Crippen LogP contribution in [0.5, 0.6) is 0 Å². The molecular formula is C26H29BN4O5S. The SMILES string of the molecule is Cc1ccc(S(=O)(=O)n2c(-c3cc(C)ncn3)cc3c(B4OC(C)(C)C(C)(C)O4)cn(C)c(=O)c32)cc1. The molecule has 0 atom stereocenters. The van der Waals surface area contributed by atoms with Crippen LogP contribution in [-0.4, -0.2) is 45.2 Å². The van der Waals surface area contributed by atoms with Crippen molar-refractivity contribution in [1.82, 2.24) is 18.5 Å². The molecule has 4 aromatic rings. The normalized spacial score (nSPS) is 17.0. The lowest BCUT2D eigenvalue weighted by atomic mass is 9.78. The topological polar surface area (TPSA) is 105 Å². The Labute approximate surface area is 216 Å². The molecule has 0 spiro atoms. The van der Waals surface area contributed by atoms with Crippen molar-refractivity contribution in [3.63, 3.8) is 0 Å². The van der Waals surface area contributed by atoms with Crippen molar-refractivity contribution in [2.24, 2.45) is 7.05 Å². The molecule has 0 unspecified atom stereocenters. The number of benzene rings is 1. The Morgan fingerprint density at radius 1 is 0.946 bits per heavy atom. The molecule has 0 N–H and O–H groups in total. The van der Waals surface area contributed by atoms with E-state index in [-0.39, 0.29) is 16.1 Å². The minimum atomic E-state index is -4.19. The van der Waals surface area contributed by atoms with Gasteiger partial charge in [0.1, 0.15) is 11.8 Å². The molecule has 0 aliphatic carbocycles. The lowest BCUT2D eigenvalue weighted by Gasteiger charge is -2.32. The smallest absolute Gasteiger partial charge is 0.399 e. The van der Waals surface area contributed by atoms with Crippen LogP contribution in [0, 0.1) is 13.8 Å². The first kappa shape index (κ1) is 25.4. The van der Waals surface area contributed by atoms with Crippen LogP contribution < -0.4 is 11.0 Å². The number of aromatic nitrogens is 4. The van der Waals surface area contributed by atoms with Crippen LogP contribution in [0.25, 0.3) is 22.3 Å². The van der Waals surface area contributed by atoms with E-state index in [0.717, 1.165) is 9.54 Å². The van der Waals surface area contributed by atoms with E-state index in [0.29, 0.717) is 22.2 Å². The molecule has 1 fully saturated rings. The van der Waals surface area contributed by atoms with Crippen molar-refractivity contribution < 1.29 is 17.7 Å². The molecule has 37 heavy (non-hydrogen) atoms. The van der Waals surface area contributed by atoms with Crippen LogP contribution in [0.2, 0.25) is 0 Å². The summed E-state index contributed by atoms with van der Waals surface area (Å²) in [6.07, 6.45) is 3.02. The van der Waals surface area contributed by atoms with Gasteiger partial charge in [-0.05, 0) is 65.8 Å². The van der Waals surface area contributed by atoms with Crippen molar-refractivity contribution in [2.45, 2.75) is 57.6 Å². The summed E-state index contributed by atoms with van der Waals surface area (Å²) in [6, 6.07) is 9.88. The first-order chi connectivity index (χ1) is 17.2. The molecule has 1 saturated heterocycles. The van der Waals surface area contributed by atoms with Crippen LogP contribution >= 0.6 is 0 Å². The summed E-state index contributed by atoms with van der Waals surface area (Å²) in [5, 5.41) is 0.420. The predicted molar refractivity (Wildman–Crippen MR) is 142 cm³/mol. The third kappa shape index (κ3) is 4.01. The van der Waals surface area contributed by atoms with Crippen molar-refractivity contribution >= 4 is 33.5 Å². The van der Waals surface area contributed by atoms with Gasteiger partial charge in [-0.1, -0.05) is 17.7 Å². The number of rotatable bonds is 4. The van der Waals surface area contributed by atoms with Gasteiger partial charge in [-0.2, -0.15) is 0 Å². The van der Waals surface area contributed by atoms with E-state index in [1.807, 2.05) is 34.6 Å². The predicted octanol–water partition coefficient (Wildman–Crippen LogP) is 2.95. The van der Waals surface area contributed by atoms with Gasteiger partial charge < -0.3 is 13.9 Å². The summed E-state index contributed by atoms with van der Waals surface area (Å²) in [5.41, 5.74) is 1.05. The monoisotopic (exact) mass is 520 g/mol. The first-order valence-electron chi connectivity index (χ1n) is 11.9. The lowest BCUT2D eigenvalue weighted by molar-refractivity contribution is 0.00578. The van der Waals surface area contributed by atoms with Crippen molar-refractivity contribution in [3.05, 3.63) is 70.5 Å². The molecule has 4 heterocycles. The minimum Gasteiger partial charge on any atom is -0.399 e. The number of hydrogen-bond donors (Lipinski definition) is 0. The Morgan fingerprint density at radius 2 is 1.57 bits per heavy atom. The molecule has 1 aromatic carbocycles. The van der Waals surface area contributed by atoms with E-state index in [9.17, 15) is 13.2 Å². The van der Waals surface area contributed by atoms with E-state index in [4.69, 9.17) is 9.31 Å². The van der Waals surface area contributed by atoms with Crippen LogP contribution in [0.4, 0.5) is 0 Å². The summed E-state index contributed by atoms with van der Waals surface area (Å²) in [5.74, 6) is 0. The average Bonchev–Trinajstić information content (AvgIpc) is 3.32. The number of aryl methyl sites for hydroxylation is 3. The molecule has 5 rings (SSSR count). The average molecular weight is 520 g/mol. The summed E-state index contributed by atoms with van der Waals surface area (Å²) in [7, 11) is -3.42. The number of nitrogens with zero attached hydrogens (tertiary/aromatic N) is 4. The zero-order valence-electron chi connectivity index (χ0n) is 21.9. The van der Waals surface area contributed by atoms with Crippen molar-refractivity contribution in [1.29, 1.82) is 0 Å². The van der Waals surface area contributed by atoms with E-state index in [1.165, 1.54) is 23.0 Å². The summed E-state index contributed by atoms with van der Waals surface area (Å²) < 4.78 is 43.2. The van der Waals surface area contributed by atoms with Crippen LogP contribution in [0.3, 0.4) is 0 Å². The molecule has 0 bridgehead atoms. The zero-order chi connectivity index (χ0) is 26.9. The molecule has 0 saturated carbocycles. The van der Waals surface area contributed by atoms with E-state index in [2.05, 4.69) is 9.97 Å². The second kappa shape index (κ2) is 8.37. The fourth-order valence-electron chi connectivity index (χ4n) is 4.42. The van der Waals surface area contributed by atoms with Gasteiger partial charge in [-0.25, -0.2) is 22.4 Å². The lowest BCUT2D eigenvalue weighted by Crippen LogP contribution is -2.41. The fourth-order valence-corrected chi connectivity index (χ4v) is 5.93. The maximum Gasteiger partial charge on any atom is 0.497 e. The summed E-state index contributed by atoms with van der Waals surface area (Å²) in [4.78, 5) is 22.1. The number of pyridine rings is 1. The van der Waals surface area contributed by atoms with Gasteiger partial charge >= 0.3 is 7.12 Å². The Hall–Kier alpha value is -3.28. The molecule has 192 valence electrons. The van der Waals surface area contributed by atoms with Gasteiger partial charge in [0, 0.05) is 29.8 Å². The standard InChI is InChI=1S/C26H29BN4O5S/c1-16-8-10-18(11-9-16)37(33,34)31-22(21-12-17(2)28-15-29-21)13-19-20(14-30(7)24(32)23(19)31)27-35-25(3,4)26(5,6)36-27/h8-15H,1-7H3. The highest BCUT2D eigenvalue weighted by Gasteiger charge is 2.52. The van der Waals surface area contributed by atoms with Crippen LogP contribution in [-0.2, 0) is 26.4 Å².